The average molecular weight is 297 g/mol. The maximum absolute atomic E-state index is 12.4. The smallest absolute Gasteiger partial charge is 0.243 e. The number of benzene rings is 1. The van der Waals surface area contributed by atoms with Gasteiger partial charge < -0.3 is 10.2 Å². The van der Waals surface area contributed by atoms with Gasteiger partial charge in [0.05, 0.1) is 11.5 Å². The highest BCUT2D eigenvalue weighted by atomic mass is 32.2. The van der Waals surface area contributed by atoms with Crippen LogP contribution < -0.4 is 0 Å². The molecule has 0 aromatic heterocycles. The quantitative estimate of drug-likeness (QED) is 0.746. The van der Waals surface area contributed by atoms with E-state index >= 15 is 0 Å². The first-order chi connectivity index (χ1) is 9.56. The van der Waals surface area contributed by atoms with Gasteiger partial charge in [0.2, 0.25) is 10.0 Å². The van der Waals surface area contributed by atoms with Gasteiger partial charge in [0, 0.05) is 18.7 Å². The van der Waals surface area contributed by atoms with Gasteiger partial charge in [-0.25, -0.2) is 8.42 Å². The van der Waals surface area contributed by atoms with E-state index in [1.165, 1.54) is 16.4 Å². The molecule has 0 spiro atoms. The van der Waals surface area contributed by atoms with E-state index in [1.807, 2.05) is 6.92 Å². The molecule has 0 aliphatic rings. The van der Waals surface area contributed by atoms with Crippen LogP contribution >= 0.6 is 0 Å². The van der Waals surface area contributed by atoms with E-state index in [4.69, 9.17) is 10.2 Å². The number of rotatable bonds is 6. The molecule has 0 unspecified atom stereocenters. The minimum atomic E-state index is -3.59. The Kier molecular flexibility index (Phi) is 6.68. The van der Waals surface area contributed by atoms with Crippen LogP contribution in [0.15, 0.2) is 29.2 Å². The van der Waals surface area contributed by atoms with E-state index in [-0.39, 0.29) is 24.7 Å². The molecule has 0 atom stereocenters. The zero-order valence-corrected chi connectivity index (χ0v) is 12.2. The number of hydrogen-bond acceptors (Lipinski definition) is 4. The molecule has 0 fully saturated rings. The van der Waals surface area contributed by atoms with Gasteiger partial charge in [-0.2, -0.15) is 4.31 Å². The summed E-state index contributed by atoms with van der Waals surface area (Å²) in [5.41, 5.74) is 0.641. The lowest BCUT2D eigenvalue weighted by atomic mass is 10.2. The minimum Gasteiger partial charge on any atom is -0.395 e. The number of hydrogen-bond donors (Lipinski definition) is 2. The molecule has 2 N–H and O–H groups in total. The number of aliphatic hydroxyl groups excluding tert-OH is 2. The number of nitrogens with zero attached hydrogens (tertiary/aromatic N) is 1. The molecular formula is C14H19NO4S. The summed E-state index contributed by atoms with van der Waals surface area (Å²) in [5.74, 6) is 5.20. The summed E-state index contributed by atoms with van der Waals surface area (Å²) in [6.07, 6.45) is 0.680. The van der Waals surface area contributed by atoms with Crippen molar-refractivity contribution >= 4 is 10.0 Å². The summed E-state index contributed by atoms with van der Waals surface area (Å²) >= 11 is 0. The molecule has 20 heavy (non-hydrogen) atoms. The van der Waals surface area contributed by atoms with Crippen LogP contribution in [0.25, 0.3) is 0 Å². The molecule has 1 aromatic rings. The lowest BCUT2D eigenvalue weighted by Gasteiger charge is -2.20. The Hall–Kier alpha value is -1.39. The predicted octanol–water partition coefficient (Wildman–Crippen LogP) is 0.423. The maximum atomic E-state index is 12.4. The maximum Gasteiger partial charge on any atom is 0.243 e. The lowest BCUT2D eigenvalue weighted by Crippen LogP contribution is -2.34. The Morgan fingerprint density at radius 2 is 1.80 bits per heavy atom. The molecule has 1 aromatic carbocycles. The second-order valence-corrected chi connectivity index (χ2v) is 6.05. The monoisotopic (exact) mass is 297 g/mol. The summed E-state index contributed by atoms with van der Waals surface area (Å²) < 4.78 is 26.0. The van der Waals surface area contributed by atoms with Gasteiger partial charge in [0.15, 0.2) is 0 Å². The topological polar surface area (TPSA) is 77.8 Å². The molecule has 6 heteroatoms. The van der Waals surface area contributed by atoms with Crippen LogP contribution in [0, 0.1) is 11.8 Å². The molecule has 0 amide bonds. The first-order valence-corrected chi connectivity index (χ1v) is 7.81. The molecule has 0 bridgehead atoms. The van der Waals surface area contributed by atoms with E-state index in [0.717, 1.165) is 0 Å². The molecule has 1 rings (SSSR count). The highest BCUT2D eigenvalue weighted by Gasteiger charge is 2.22. The Bertz CT molecular complexity index is 563. The van der Waals surface area contributed by atoms with Crippen LogP contribution in [0.1, 0.15) is 18.9 Å². The third-order valence-electron chi connectivity index (χ3n) is 2.63. The van der Waals surface area contributed by atoms with Crippen LogP contribution in [0.4, 0.5) is 0 Å². The van der Waals surface area contributed by atoms with Gasteiger partial charge in [-0.05, 0) is 30.7 Å². The first kappa shape index (κ1) is 16.7. The van der Waals surface area contributed by atoms with E-state index in [0.29, 0.717) is 18.5 Å². The largest absolute Gasteiger partial charge is 0.395 e. The summed E-state index contributed by atoms with van der Waals surface area (Å²) in [6.45, 7) is 1.89. The molecule has 0 radical (unpaired) electrons. The molecule has 0 aliphatic carbocycles. The van der Waals surface area contributed by atoms with E-state index < -0.39 is 10.0 Å². The fourth-order valence-corrected chi connectivity index (χ4v) is 3.24. The van der Waals surface area contributed by atoms with Crippen molar-refractivity contribution in [2.45, 2.75) is 18.2 Å². The van der Waals surface area contributed by atoms with Gasteiger partial charge in [0.25, 0.3) is 0 Å². The molecule has 0 heterocycles. The van der Waals surface area contributed by atoms with Crippen molar-refractivity contribution in [3.63, 3.8) is 0 Å². The number of aliphatic hydroxyl groups is 2. The Labute approximate surface area is 119 Å². The van der Waals surface area contributed by atoms with Gasteiger partial charge in [0.1, 0.15) is 6.61 Å². The van der Waals surface area contributed by atoms with Crippen LogP contribution in [0.5, 0.6) is 0 Å². The zero-order valence-electron chi connectivity index (χ0n) is 11.4. The van der Waals surface area contributed by atoms with Crippen molar-refractivity contribution < 1.29 is 18.6 Å². The van der Waals surface area contributed by atoms with Crippen molar-refractivity contribution in [3.8, 4) is 11.8 Å². The summed E-state index contributed by atoms with van der Waals surface area (Å²) in [4.78, 5) is 0.175. The zero-order chi connectivity index (χ0) is 15.0. The van der Waals surface area contributed by atoms with Crippen molar-refractivity contribution in [3.05, 3.63) is 29.8 Å². The van der Waals surface area contributed by atoms with Crippen molar-refractivity contribution in [2.24, 2.45) is 0 Å². The van der Waals surface area contributed by atoms with Crippen LogP contribution in [0.2, 0.25) is 0 Å². The minimum absolute atomic E-state index is 0.0856. The normalized spacial score (nSPS) is 11.2. The Morgan fingerprint density at radius 1 is 1.15 bits per heavy atom. The van der Waals surface area contributed by atoms with Crippen molar-refractivity contribution in [1.82, 2.24) is 4.31 Å². The lowest BCUT2D eigenvalue weighted by molar-refractivity contribution is 0.253. The highest BCUT2D eigenvalue weighted by molar-refractivity contribution is 7.89. The fraction of sp³-hybridized carbons (Fsp3) is 0.429. The predicted molar refractivity (Wildman–Crippen MR) is 76.5 cm³/mol. The van der Waals surface area contributed by atoms with E-state index in [2.05, 4.69) is 11.8 Å². The summed E-state index contributed by atoms with van der Waals surface area (Å²) in [6, 6.07) is 6.16. The van der Waals surface area contributed by atoms with Crippen molar-refractivity contribution in [2.75, 3.05) is 26.3 Å². The second-order valence-electron chi connectivity index (χ2n) is 4.11. The second kappa shape index (κ2) is 8.02. The standard InChI is InChI=1S/C14H19NO4S/c1-2-9-15(10-12-17)20(18,19)14-7-5-13(6-8-14)4-3-11-16/h5-8,16-17H,2,9-12H2,1H3. The van der Waals surface area contributed by atoms with Crippen LogP contribution in [-0.4, -0.2) is 49.2 Å². The molecule has 0 aliphatic heterocycles. The summed E-state index contributed by atoms with van der Waals surface area (Å²) in [7, 11) is -3.59. The molecule has 110 valence electrons. The molecule has 5 nitrogen and oxygen atoms in total. The van der Waals surface area contributed by atoms with E-state index in [9.17, 15) is 8.42 Å². The molecular weight excluding hydrogens is 278 g/mol. The molecule has 0 saturated heterocycles. The third kappa shape index (κ3) is 4.32. The Morgan fingerprint density at radius 3 is 2.30 bits per heavy atom. The van der Waals surface area contributed by atoms with Gasteiger partial charge in [-0.3, -0.25) is 0 Å². The average Bonchev–Trinajstić information content (AvgIpc) is 2.45. The van der Waals surface area contributed by atoms with Gasteiger partial charge in [-0.15, -0.1) is 0 Å². The fourth-order valence-electron chi connectivity index (χ4n) is 1.71. The van der Waals surface area contributed by atoms with Gasteiger partial charge in [-0.1, -0.05) is 18.8 Å². The SMILES string of the molecule is CCCN(CCO)S(=O)(=O)c1ccc(C#CCO)cc1. The third-order valence-corrected chi connectivity index (χ3v) is 4.54. The number of sulfonamides is 1. The highest BCUT2D eigenvalue weighted by Crippen LogP contribution is 2.16. The van der Waals surface area contributed by atoms with E-state index in [1.54, 1.807) is 12.1 Å². The Balaban J connectivity index is 3.02. The summed E-state index contributed by atoms with van der Waals surface area (Å²) in [5, 5.41) is 17.6. The molecule has 0 saturated carbocycles. The van der Waals surface area contributed by atoms with Gasteiger partial charge >= 0.3 is 0 Å². The van der Waals surface area contributed by atoms with Crippen molar-refractivity contribution in [1.29, 1.82) is 0 Å². The van der Waals surface area contributed by atoms with Crippen LogP contribution in [0.3, 0.4) is 0 Å². The van der Waals surface area contributed by atoms with Crippen LogP contribution in [-0.2, 0) is 10.0 Å². The first-order valence-electron chi connectivity index (χ1n) is 6.37.